The summed E-state index contributed by atoms with van der Waals surface area (Å²) in [6, 6.07) is 4.89. The predicted molar refractivity (Wildman–Crippen MR) is 75.1 cm³/mol. The maximum absolute atomic E-state index is 12.1. The monoisotopic (exact) mass is 275 g/mol. The highest BCUT2D eigenvalue weighted by atomic mass is 16.5. The van der Waals surface area contributed by atoms with Crippen LogP contribution in [-0.4, -0.2) is 29.7 Å². The van der Waals surface area contributed by atoms with Crippen molar-refractivity contribution in [1.29, 1.82) is 0 Å². The molecule has 0 radical (unpaired) electrons. The van der Waals surface area contributed by atoms with Crippen LogP contribution in [0.1, 0.15) is 13.0 Å². The van der Waals surface area contributed by atoms with E-state index in [1.165, 1.54) is 0 Å². The number of imidazole rings is 1. The summed E-state index contributed by atoms with van der Waals surface area (Å²) in [7, 11) is 3.12. The lowest BCUT2D eigenvalue weighted by molar-refractivity contribution is -0.118. The Bertz CT molecular complexity index is 581. The van der Waals surface area contributed by atoms with E-state index in [0.717, 1.165) is 0 Å². The zero-order valence-electron chi connectivity index (χ0n) is 11.7. The number of hydrogen-bond donors (Lipinski definition) is 1. The van der Waals surface area contributed by atoms with E-state index in [-0.39, 0.29) is 11.9 Å². The van der Waals surface area contributed by atoms with Crippen LogP contribution in [0.15, 0.2) is 36.9 Å². The third-order valence-electron chi connectivity index (χ3n) is 3.00. The van der Waals surface area contributed by atoms with Gasteiger partial charge in [0.2, 0.25) is 5.91 Å². The first kappa shape index (κ1) is 13.9. The summed E-state index contributed by atoms with van der Waals surface area (Å²) in [5.74, 6) is 1.06. The van der Waals surface area contributed by atoms with Gasteiger partial charge >= 0.3 is 0 Å². The molecule has 1 aromatic heterocycles. The van der Waals surface area contributed by atoms with Gasteiger partial charge in [0, 0.05) is 24.1 Å². The number of rotatable bonds is 5. The van der Waals surface area contributed by atoms with Crippen LogP contribution in [0.5, 0.6) is 11.5 Å². The minimum Gasteiger partial charge on any atom is -0.493 e. The number of amides is 1. The van der Waals surface area contributed by atoms with E-state index in [0.29, 0.717) is 17.2 Å². The van der Waals surface area contributed by atoms with Crippen molar-refractivity contribution in [3.8, 4) is 11.5 Å². The van der Waals surface area contributed by atoms with Crippen molar-refractivity contribution < 1.29 is 14.3 Å². The lowest BCUT2D eigenvalue weighted by atomic mass is 10.2. The molecule has 0 fully saturated rings. The van der Waals surface area contributed by atoms with Gasteiger partial charge in [-0.15, -0.1) is 0 Å². The Labute approximate surface area is 117 Å². The average Bonchev–Trinajstić information content (AvgIpc) is 3.00. The number of aromatic nitrogens is 2. The number of nitrogens with one attached hydrogen (secondary N) is 1. The molecule has 6 heteroatoms. The molecule has 0 bridgehead atoms. The molecule has 0 spiro atoms. The molecule has 0 saturated carbocycles. The van der Waals surface area contributed by atoms with Gasteiger partial charge in [-0.05, 0) is 19.1 Å². The van der Waals surface area contributed by atoms with E-state index in [9.17, 15) is 4.79 Å². The average molecular weight is 275 g/mol. The second-order valence-corrected chi connectivity index (χ2v) is 4.24. The van der Waals surface area contributed by atoms with Gasteiger partial charge in [0.15, 0.2) is 11.5 Å². The molecular weight excluding hydrogens is 258 g/mol. The Hall–Kier alpha value is -2.50. The minimum atomic E-state index is -0.342. The molecule has 1 heterocycles. The van der Waals surface area contributed by atoms with Crippen molar-refractivity contribution in [1.82, 2.24) is 9.55 Å². The number of carbonyl (C=O) groups excluding carboxylic acids is 1. The molecule has 0 saturated heterocycles. The Morgan fingerprint density at radius 3 is 2.65 bits per heavy atom. The standard InChI is InChI=1S/C14H17N3O3/c1-10(17-7-6-15-9-17)14(18)16-11-4-5-12(19-2)13(8-11)20-3/h4-10H,1-3H3,(H,16,18). The van der Waals surface area contributed by atoms with Gasteiger partial charge in [-0.2, -0.15) is 0 Å². The third-order valence-corrected chi connectivity index (χ3v) is 3.00. The summed E-state index contributed by atoms with van der Waals surface area (Å²) in [4.78, 5) is 16.1. The summed E-state index contributed by atoms with van der Waals surface area (Å²) in [5, 5.41) is 2.83. The van der Waals surface area contributed by atoms with Gasteiger partial charge in [0.05, 0.1) is 20.5 Å². The molecule has 1 atom stereocenters. The first-order chi connectivity index (χ1) is 9.65. The number of anilines is 1. The van der Waals surface area contributed by atoms with E-state index in [1.807, 2.05) is 0 Å². The molecule has 1 amide bonds. The SMILES string of the molecule is COc1ccc(NC(=O)C(C)n2ccnc2)cc1OC. The van der Waals surface area contributed by atoms with Crippen LogP contribution in [0.3, 0.4) is 0 Å². The maximum Gasteiger partial charge on any atom is 0.247 e. The van der Waals surface area contributed by atoms with Gasteiger partial charge in [-0.3, -0.25) is 4.79 Å². The number of methoxy groups -OCH3 is 2. The Morgan fingerprint density at radius 1 is 1.30 bits per heavy atom. The fourth-order valence-electron chi connectivity index (χ4n) is 1.79. The van der Waals surface area contributed by atoms with Crippen molar-refractivity contribution in [3.63, 3.8) is 0 Å². The van der Waals surface area contributed by atoms with Crippen LogP contribution in [0.2, 0.25) is 0 Å². The third kappa shape index (κ3) is 2.90. The van der Waals surface area contributed by atoms with Crippen molar-refractivity contribution >= 4 is 11.6 Å². The van der Waals surface area contributed by atoms with E-state index >= 15 is 0 Å². The fraction of sp³-hybridized carbons (Fsp3) is 0.286. The highest BCUT2D eigenvalue weighted by Crippen LogP contribution is 2.29. The zero-order valence-corrected chi connectivity index (χ0v) is 11.7. The largest absolute Gasteiger partial charge is 0.493 e. The molecule has 1 aromatic carbocycles. The molecule has 0 aliphatic carbocycles. The van der Waals surface area contributed by atoms with Crippen LogP contribution in [0.4, 0.5) is 5.69 Å². The van der Waals surface area contributed by atoms with Crippen LogP contribution in [0.25, 0.3) is 0 Å². The number of hydrogen-bond acceptors (Lipinski definition) is 4. The number of nitrogens with zero attached hydrogens (tertiary/aromatic N) is 2. The fourth-order valence-corrected chi connectivity index (χ4v) is 1.79. The second-order valence-electron chi connectivity index (χ2n) is 4.24. The topological polar surface area (TPSA) is 65.4 Å². The van der Waals surface area contributed by atoms with Gasteiger partial charge in [-0.25, -0.2) is 4.98 Å². The van der Waals surface area contributed by atoms with E-state index in [1.54, 1.807) is 62.6 Å². The molecule has 20 heavy (non-hydrogen) atoms. The van der Waals surface area contributed by atoms with Crippen LogP contribution < -0.4 is 14.8 Å². The molecule has 2 rings (SSSR count). The summed E-state index contributed by atoms with van der Waals surface area (Å²) >= 11 is 0. The summed E-state index contributed by atoms with van der Waals surface area (Å²) in [6.07, 6.45) is 5.00. The zero-order chi connectivity index (χ0) is 14.5. The van der Waals surface area contributed by atoms with E-state index in [4.69, 9.17) is 9.47 Å². The summed E-state index contributed by atoms with van der Waals surface area (Å²) in [6.45, 7) is 1.80. The summed E-state index contributed by atoms with van der Waals surface area (Å²) in [5.41, 5.74) is 0.652. The molecule has 0 aliphatic rings. The number of carbonyl (C=O) groups is 1. The van der Waals surface area contributed by atoms with Gasteiger partial charge < -0.3 is 19.4 Å². The molecule has 1 N–H and O–H groups in total. The normalized spacial score (nSPS) is 11.8. The highest BCUT2D eigenvalue weighted by molar-refractivity contribution is 5.93. The van der Waals surface area contributed by atoms with Gasteiger partial charge in [0.25, 0.3) is 0 Å². The Balaban J connectivity index is 2.11. The van der Waals surface area contributed by atoms with Crippen LogP contribution in [-0.2, 0) is 4.79 Å². The lowest BCUT2D eigenvalue weighted by Gasteiger charge is -2.14. The van der Waals surface area contributed by atoms with Crippen LogP contribution >= 0.6 is 0 Å². The summed E-state index contributed by atoms with van der Waals surface area (Å²) < 4.78 is 12.1. The second kappa shape index (κ2) is 6.10. The van der Waals surface area contributed by atoms with Gasteiger partial charge in [-0.1, -0.05) is 0 Å². The maximum atomic E-state index is 12.1. The Morgan fingerprint density at radius 2 is 2.05 bits per heavy atom. The highest BCUT2D eigenvalue weighted by Gasteiger charge is 2.15. The quantitative estimate of drug-likeness (QED) is 0.907. The number of ether oxygens (including phenoxy) is 2. The molecule has 2 aromatic rings. The van der Waals surface area contributed by atoms with Crippen LogP contribution in [0, 0.1) is 0 Å². The lowest BCUT2D eigenvalue weighted by Crippen LogP contribution is -2.22. The molecular formula is C14H17N3O3. The van der Waals surface area contributed by atoms with Crippen molar-refractivity contribution in [2.75, 3.05) is 19.5 Å². The molecule has 0 aliphatic heterocycles. The first-order valence-electron chi connectivity index (χ1n) is 6.16. The minimum absolute atomic E-state index is 0.129. The first-order valence-corrected chi connectivity index (χ1v) is 6.16. The predicted octanol–water partition coefficient (Wildman–Crippen LogP) is 2.10. The Kier molecular flexibility index (Phi) is 4.24. The van der Waals surface area contributed by atoms with Crippen molar-refractivity contribution in [2.45, 2.75) is 13.0 Å². The van der Waals surface area contributed by atoms with Crippen molar-refractivity contribution in [3.05, 3.63) is 36.9 Å². The smallest absolute Gasteiger partial charge is 0.247 e. The molecule has 6 nitrogen and oxygen atoms in total. The van der Waals surface area contributed by atoms with Crippen molar-refractivity contribution in [2.24, 2.45) is 0 Å². The van der Waals surface area contributed by atoms with Gasteiger partial charge in [0.1, 0.15) is 6.04 Å². The molecule has 1 unspecified atom stereocenters. The molecule has 106 valence electrons. The van der Waals surface area contributed by atoms with E-state index < -0.39 is 0 Å². The number of benzene rings is 1. The van der Waals surface area contributed by atoms with E-state index in [2.05, 4.69) is 10.3 Å².